The molecule has 2 rings (SSSR count). The van der Waals surface area contributed by atoms with Crippen LogP contribution in [0.2, 0.25) is 0 Å². The monoisotopic (exact) mass is 435 g/mol. The Balaban J connectivity index is 2.15. The normalized spacial score (nSPS) is 12.2. The van der Waals surface area contributed by atoms with Crippen LogP contribution in [0.1, 0.15) is 28.2 Å². The van der Waals surface area contributed by atoms with Crippen molar-refractivity contribution in [2.24, 2.45) is 0 Å². The molecule has 94 valence electrons. The smallest absolute Gasteiger partial charge is 0.252 e. The van der Waals surface area contributed by atoms with Gasteiger partial charge in [0, 0.05) is 12.9 Å². The van der Waals surface area contributed by atoms with Gasteiger partial charge >= 0.3 is 0 Å². The summed E-state index contributed by atoms with van der Waals surface area (Å²) in [5.41, 5.74) is 0.702. The van der Waals surface area contributed by atoms with Crippen LogP contribution in [-0.2, 0) is 0 Å². The molecule has 18 heavy (non-hydrogen) atoms. The Morgan fingerprint density at radius 3 is 2.89 bits per heavy atom. The van der Waals surface area contributed by atoms with E-state index in [1.807, 2.05) is 42.6 Å². The molecular weight excluding hydrogens is 425 g/mol. The van der Waals surface area contributed by atoms with E-state index in [4.69, 9.17) is 0 Å². The standard InChI is InChI=1S/C13H11BrINOS/c1-8(12-3-2-6-18-12)16-13(17)10-7-9(14)4-5-11(10)15/h2-8H,1H3,(H,16,17). The van der Waals surface area contributed by atoms with Crippen molar-refractivity contribution in [2.75, 3.05) is 0 Å². The molecule has 1 heterocycles. The number of thiophene rings is 1. The van der Waals surface area contributed by atoms with Gasteiger partial charge < -0.3 is 5.32 Å². The molecule has 0 fully saturated rings. The second-order valence-corrected chi connectivity index (χ2v) is 6.89. The lowest BCUT2D eigenvalue weighted by Crippen LogP contribution is -2.26. The fraction of sp³-hybridized carbons (Fsp3) is 0.154. The number of carbonyl (C=O) groups is 1. The molecule has 0 saturated heterocycles. The van der Waals surface area contributed by atoms with E-state index in [0.717, 1.165) is 12.9 Å². The summed E-state index contributed by atoms with van der Waals surface area (Å²) in [6.07, 6.45) is 0. The summed E-state index contributed by atoms with van der Waals surface area (Å²) >= 11 is 7.21. The molecule has 0 aliphatic rings. The van der Waals surface area contributed by atoms with Crippen molar-refractivity contribution in [1.29, 1.82) is 0 Å². The predicted molar refractivity (Wildman–Crippen MR) is 87.1 cm³/mol. The highest BCUT2D eigenvalue weighted by Crippen LogP contribution is 2.21. The summed E-state index contributed by atoms with van der Waals surface area (Å²) in [5, 5.41) is 5.03. The summed E-state index contributed by atoms with van der Waals surface area (Å²) in [5.74, 6) is -0.0402. The fourth-order valence-corrected chi connectivity index (χ4v) is 3.23. The van der Waals surface area contributed by atoms with Crippen LogP contribution in [0.25, 0.3) is 0 Å². The van der Waals surface area contributed by atoms with Crippen LogP contribution < -0.4 is 5.32 Å². The number of amides is 1. The summed E-state index contributed by atoms with van der Waals surface area (Å²) in [7, 11) is 0. The van der Waals surface area contributed by atoms with E-state index in [9.17, 15) is 4.79 Å². The molecule has 1 atom stereocenters. The Labute approximate surface area is 132 Å². The molecule has 0 aliphatic heterocycles. The molecule has 0 radical (unpaired) electrons. The average Bonchev–Trinajstić information content (AvgIpc) is 2.85. The molecule has 1 unspecified atom stereocenters. The largest absolute Gasteiger partial charge is 0.345 e. The van der Waals surface area contributed by atoms with Crippen LogP contribution in [0.5, 0.6) is 0 Å². The third kappa shape index (κ3) is 3.33. The number of hydrogen-bond acceptors (Lipinski definition) is 2. The van der Waals surface area contributed by atoms with Gasteiger partial charge in [0.2, 0.25) is 0 Å². The number of carbonyl (C=O) groups excluding carboxylic acids is 1. The van der Waals surface area contributed by atoms with Crippen LogP contribution in [-0.4, -0.2) is 5.91 Å². The first kappa shape index (κ1) is 14.0. The average molecular weight is 436 g/mol. The second kappa shape index (κ2) is 6.16. The van der Waals surface area contributed by atoms with E-state index in [1.54, 1.807) is 11.3 Å². The molecule has 2 nitrogen and oxygen atoms in total. The van der Waals surface area contributed by atoms with Gasteiger partial charge in [0.1, 0.15) is 0 Å². The zero-order valence-corrected chi connectivity index (χ0v) is 14.2. The van der Waals surface area contributed by atoms with Gasteiger partial charge in [-0.2, -0.15) is 0 Å². The molecule has 0 saturated carbocycles. The van der Waals surface area contributed by atoms with Gasteiger partial charge in [-0.1, -0.05) is 22.0 Å². The molecule has 0 aliphatic carbocycles. The maximum atomic E-state index is 12.2. The minimum absolute atomic E-state index is 0.0345. The van der Waals surface area contributed by atoms with Crippen LogP contribution in [0.4, 0.5) is 0 Å². The Kier molecular flexibility index (Phi) is 4.80. The second-order valence-electron chi connectivity index (χ2n) is 3.83. The number of benzene rings is 1. The van der Waals surface area contributed by atoms with Gasteiger partial charge in [0.05, 0.1) is 11.6 Å². The number of halogens is 2. The van der Waals surface area contributed by atoms with Crippen molar-refractivity contribution in [3.8, 4) is 0 Å². The molecule has 1 aromatic heterocycles. The van der Waals surface area contributed by atoms with Gasteiger partial charge in [-0.15, -0.1) is 11.3 Å². The van der Waals surface area contributed by atoms with Gasteiger partial charge in [-0.3, -0.25) is 4.79 Å². The summed E-state index contributed by atoms with van der Waals surface area (Å²) in [4.78, 5) is 13.4. The first-order chi connectivity index (χ1) is 8.58. The van der Waals surface area contributed by atoms with Crippen LogP contribution >= 0.6 is 49.9 Å². The SMILES string of the molecule is CC(NC(=O)c1cc(Br)ccc1I)c1cccs1. The Bertz CT molecular complexity index is 556. The van der Waals surface area contributed by atoms with Crippen LogP contribution in [0.15, 0.2) is 40.2 Å². The zero-order valence-electron chi connectivity index (χ0n) is 9.61. The van der Waals surface area contributed by atoms with E-state index in [1.165, 1.54) is 0 Å². The Morgan fingerprint density at radius 1 is 1.44 bits per heavy atom. The number of nitrogens with one attached hydrogen (secondary N) is 1. The maximum Gasteiger partial charge on any atom is 0.252 e. The van der Waals surface area contributed by atoms with Crippen LogP contribution in [0, 0.1) is 3.57 Å². The Morgan fingerprint density at radius 2 is 2.22 bits per heavy atom. The van der Waals surface area contributed by atoms with Crippen LogP contribution in [0.3, 0.4) is 0 Å². The summed E-state index contributed by atoms with van der Waals surface area (Å²) in [6, 6.07) is 9.76. The third-order valence-electron chi connectivity index (χ3n) is 2.49. The fourth-order valence-electron chi connectivity index (χ4n) is 1.55. The molecule has 1 N–H and O–H groups in total. The molecular formula is C13H11BrINOS. The highest BCUT2D eigenvalue weighted by atomic mass is 127. The quantitative estimate of drug-likeness (QED) is 0.701. The third-order valence-corrected chi connectivity index (χ3v) is 4.98. The predicted octanol–water partition coefficient (Wildman–Crippen LogP) is 4.61. The highest BCUT2D eigenvalue weighted by Gasteiger charge is 2.14. The first-order valence-electron chi connectivity index (χ1n) is 5.37. The van der Waals surface area contributed by atoms with Crippen molar-refractivity contribution in [3.05, 3.63) is 54.2 Å². The van der Waals surface area contributed by atoms with Gasteiger partial charge in [-0.05, 0) is 59.2 Å². The van der Waals surface area contributed by atoms with Crippen molar-refractivity contribution >= 4 is 55.8 Å². The van der Waals surface area contributed by atoms with E-state index in [2.05, 4.69) is 43.8 Å². The lowest BCUT2D eigenvalue weighted by atomic mass is 10.2. The Hall–Kier alpha value is -0.400. The van der Waals surface area contributed by atoms with Gasteiger partial charge in [-0.25, -0.2) is 0 Å². The summed E-state index contributed by atoms with van der Waals surface area (Å²) in [6.45, 7) is 1.99. The molecule has 1 amide bonds. The maximum absolute atomic E-state index is 12.2. The van der Waals surface area contributed by atoms with Gasteiger partial charge in [0.25, 0.3) is 5.91 Å². The van der Waals surface area contributed by atoms with Crippen molar-refractivity contribution in [3.63, 3.8) is 0 Å². The van der Waals surface area contributed by atoms with E-state index in [0.29, 0.717) is 5.56 Å². The zero-order chi connectivity index (χ0) is 13.1. The molecule has 0 spiro atoms. The topological polar surface area (TPSA) is 29.1 Å². The molecule has 1 aromatic carbocycles. The summed E-state index contributed by atoms with van der Waals surface area (Å²) < 4.78 is 1.86. The van der Waals surface area contributed by atoms with E-state index in [-0.39, 0.29) is 11.9 Å². The lowest BCUT2D eigenvalue weighted by molar-refractivity contribution is 0.0939. The minimum atomic E-state index is -0.0402. The lowest BCUT2D eigenvalue weighted by Gasteiger charge is -2.13. The first-order valence-corrected chi connectivity index (χ1v) is 8.12. The van der Waals surface area contributed by atoms with E-state index >= 15 is 0 Å². The molecule has 5 heteroatoms. The van der Waals surface area contributed by atoms with Crippen molar-refractivity contribution < 1.29 is 4.79 Å². The highest BCUT2D eigenvalue weighted by molar-refractivity contribution is 14.1. The van der Waals surface area contributed by atoms with Crippen molar-refractivity contribution in [2.45, 2.75) is 13.0 Å². The van der Waals surface area contributed by atoms with Gasteiger partial charge in [0.15, 0.2) is 0 Å². The number of rotatable bonds is 3. The van der Waals surface area contributed by atoms with E-state index < -0.39 is 0 Å². The number of hydrogen-bond donors (Lipinski definition) is 1. The molecule has 2 aromatic rings. The van der Waals surface area contributed by atoms with Crippen molar-refractivity contribution in [1.82, 2.24) is 5.32 Å². The minimum Gasteiger partial charge on any atom is -0.345 e. The molecule has 0 bridgehead atoms.